The van der Waals surface area contributed by atoms with Crippen LogP contribution >= 0.6 is 0 Å². The number of piperidine rings is 1. The number of ether oxygens (including phenoxy) is 1. The maximum Gasteiger partial charge on any atom is 0.242 e. The van der Waals surface area contributed by atoms with Crippen molar-refractivity contribution in [2.45, 2.75) is 45.6 Å². The number of carbonyl (C=O) groups excluding carboxylic acids is 3. The summed E-state index contributed by atoms with van der Waals surface area (Å²) in [6, 6.07) is 1.77. The Bertz CT molecular complexity index is 670. The summed E-state index contributed by atoms with van der Waals surface area (Å²) >= 11 is 0. The third-order valence-corrected chi connectivity index (χ3v) is 4.41. The van der Waals surface area contributed by atoms with Gasteiger partial charge in [-0.25, -0.2) is 4.98 Å². The molecule has 0 spiro atoms. The van der Waals surface area contributed by atoms with Crippen molar-refractivity contribution >= 4 is 17.7 Å². The van der Waals surface area contributed by atoms with Gasteiger partial charge in [-0.2, -0.15) is 4.98 Å². The Morgan fingerprint density at radius 3 is 2.64 bits per heavy atom. The Balaban J connectivity index is 1.59. The lowest BCUT2D eigenvalue weighted by atomic mass is 10.1. The van der Waals surface area contributed by atoms with E-state index in [1.165, 1.54) is 0 Å². The zero-order chi connectivity index (χ0) is 18.0. The summed E-state index contributed by atoms with van der Waals surface area (Å²) in [5.74, 6) is 0.399. The molecule has 8 nitrogen and oxygen atoms in total. The van der Waals surface area contributed by atoms with Crippen LogP contribution < -0.4 is 4.74 Å². The molecule has 0 radical (unpaired) electrons. The maximum atomic E-state index is 12.5. The van der Waals surface area contributed by atoms with Gasteiger partial charge in [0, 0.05) is 31.1 Å². The molecule has 2 fully saturated rings. The number of nitrogens with zero attached hydrogens (tertiary/aromatic N) is 4. The maximum absolute atomic E-state index is 12.5. The molecule has 134 valence electrons. The monoisotopic (exact) mass is 346 g/mol. The quantitative estimate of drug-likeness (QED) is 0.742. The van der Waals surface area contributed by atoms with E-state index in [0.717, 1.165) is 23.4 Å². The molecule has 0 aromatic carbocycles. The van der Waals surface area contributed by atoms with E-state index in [0.29, 0.717) is 24.8 Å². The summed E-state index contributed by atoms with van der Waals surface area (Å²) in [6.45, 7) is 4.55. The molecule has 2 aliphatic rings. The predicted molar refractivity (Wildman–Crippen MR) is 87.7 cm³/mol. The number of rotatable bonds is 4. The van der Waals surface area contributed by atoms with E-state index >= 15 is 0 Å². The number of aromatic nitrogens is 2. The van der Waals surface area contributed by atoms with Crippen LogP contribution in [0.15, 0.2) is 6.07 Å². The van der Waals surface area contributed by atoms with Crippen molar-refractivity contribution in [3.8, 4) is 5.88 Å². The van der Waals surface area contributed by atoms with Crippen molar-refractivity contribution < 1.29 is 19.1 Å². The van der Waals surface area contributed by atoms with Gasteiger partial charge in [-0.1, -0.05) is 0 Å². The van der Waals surface area contributed by atoms with E-state index in [2.05, 4.69) is 9.97 Å². The van der Waals surface area contributed by atoms with Gasteiger partial charge in [0.25, 0.3) is 0 Å². The highest BCUT2D eigenvalue weighted by Crippen LogP contribution is 2.19. The van der Waals surface area contributed by atoms with Gasteiger partial charge in [0.05, 0.1) is 6.54 Å². The minimum Gasteiger partial charge on any atom is -0.472 e. The minimum atomic E-state index is -0.268. The van der Waals surface area contributed by atoms with Crippen LogP contribution in [0.3, 0.4) is 0 Å². The average molecular weight is 346 g/mol. The first kappa shape index (κ1) is 17.3. The molecule has 1 aromatic rings. The third kappa shape index (κ3) is 4.12. The molecule has 8 heteroatoms. The van der Waals surface area contributed by atoms with E-state index in [4.69, 9.17) is 4.74 Å². The van der Waals surface area contributed by atoms with Crippen molar-refractivity contribution in [1.29, 1.82) is 0 Å². The molecule has 0 aliphatic carbocycles. The molecular formula is C17H22N4O4. The van der Waals surface area contributed by atoms with E-state index in [1.807, 2.05) is 6.92 Å². The fourth-order valence-corrected chi connectivity index (χ4v) is 3.21. The van der Waals surface area contributed by atoms with E-state index in [9.17, 15) is 14.4 Å². The van der Waals surface area contributed by atoms with E-state index in [1.54, 1.807) is 17.9 Å². The summed E-state index contributed by atoms with van der Waals surface area (Å²) in [4.78, 5) is 47.0. The van der Waals surface area contributed by atoms with Gasteiger partial charge < -0.3 is 9.64 Å². The van der Waals surface area contributed by atoms with Crippen molar-refractivity contribution in [1.82, 2.24) is 19.8 Å². The number of carbonyl (C=O) groups is 3. The Labute approximate surface area is 146 Å². The van der Waals surface area contributed by atoms with Crippen molar-refractivity contribution in [2.75, 3.05) is 19.6 Å². The lowest BCUT2D eigenvalue weighted by Gasteiger charge is -2.33. The lowest BCUT2D eigenvalue weighted by Crippen LogP contribution is -2.48. The molecule has 3 amide bonds. The number of likely N-dealkylation sites (tertiary alicyclic amines) is 2. The summed E-state index contributed by atoms with van der Waals surface area (Å²) in [7, 11) is 0. The van der Waals surface area contributed by atoms with Crippen LogP contribution in [0.2, 0.25) is 0 Å². The second-order valence-electron chi connectivity index (χ2n) is 6.49. The van der Waals surface area contributed by atoms with Gasteiger partial charge in [0.15, 0.2) is 0 Å². The van der Waals surface area contributed by atoms with Gasteiger partial charge in [-0.05, 0) is 26.7 Å². The fraction of sp³-hybridized carbons (Fsp3) is 0.588. The zero-order valence-corrected chi connectivity index (χ0v) is 14.5. The van der Waals surface area contributed by atoms with Gasteiger partial charge >= 0.3 is 0 Å². The number of amides is 3. The second-order valence-corrected chi connectivity index (χ2v) is 6.49. The first-order valence-electron chi connectivity index (χ1n) is 8.52. The van der Waals surface area contributed by atoms with Gasteiger partial charge in [0.1, 0.15) is 18.5 Å². The number of hydrogen-bond acceptors (Lipinski definition) is 6. The first-order chi connectivity index (χ1) is 11.9. The largest absolute Gasteiger partial charge is 0.472 e. The van der Waals surface area contributed by atoms with Crippen LogP contribution in [-0.4, -0.2) is 63.2 Å². The van der Waals surface area contributed by atoms with Crippen molar-refractivity contribution in [2.24, 2.45) is 0 Å². The number of hydrogen-bond donors (Lipinski definition) is 0. The molecule has 3 rings (SSSR count). The normalized spacial score (nSPS) is 21.0. The van der Waals surface area contributed by atoms with Crippen LogP contribution in [0.25, 0.3) is 0 Å². The highest BCUT2D eigenvalue weighted by atomic mass is 16.5. The Hall–Kier alpha value is -2.51. The molecule has 0 bridgehead atoms. The molecule has 2 saturated heterocycles. The molecule has 3 heterocycles. The van der Waals surface area contributed by atoms with E-state index < -0.39 is 0 Å². The molecule has 25 heavy (non-hydrogen) atoms. The van der Waals surface area contributed by atoms with Crippen LogP contribution in [0.4, 0.5) is 0 Å². The summed E-state index contributed by atoms with van der Waals surface area (Å²) in [6.07, 6.45) is 1.87. The van der Waals surface area contributed by atoms with Crippen molar-refractivity contribution in [3.63, 3.8) is 0 Å². The average Bonchev–Trinajstić information content (AvgIpc) is 2.86. The smallest absolute Gasteiger partial charge is 0.242 e. The Morgan fingerprint density at radius 2 is 1.96 bits per heavy atom. The molecule has 1 unspecified atom stereocenters. The van der Waals surface area contributed by atoms with Gasteiger partial charge in [-0.3, -0.25) is 19.3 Å². The Kier molecular flexibility index (Phi) is 4.96. The van der Waals surface area contributed by atoms with Crippen LogP contribution in [0.5, 0.6) is 5.88 Å². The summed E-state index contributed by atoms with van der Waals surface area (Å²) in [5.41, 5.74) is 0.831. The van der Waals surface area contributed by atoms with Crippen molar-refractivity contribution in [3.05, 3.63) is 17.6 Å². The van der Waals surface area contributed by atoms with Crippen LogP contribution in [0.1, 0.15) is 37.2 Å². The molecule has 0 N–H and O–H groups in total. The predicted octanol–water partition coefficient (Wildman–Crippen LogP) is 0.612. The molecule has 2 aliphatic heterocycles. The molecule has 1 atom stereocenters. The zero-order valence-electron chi connectivity index (χ0n) is 14.5. The lowest BCUT2D eigenvalue weighted by molar-refractivity contribution is -0.146. The van der Waals surface area contributed by atoms with Crippen LogP contribution in [-0.2, 0) is 14.4 Å². The number of imide groups is 1. The second kappa shape index (κ2) is 7.16. The fourth-order valence-electron chi connectivity index (χ4n) is 3.21. The van der Waals surface area contributed by atoms with Gasteiger partial charge in [0.2, 0.25) is 23.6 Å². The first-order valence-corrected chi connectivity index (χ1v) is 8.52. The van der Waals surface area contributed by atoms with Crippen LogP contribution in [0, 0.1) is 13.8 Å². The summed E-state index contributed by atoms with van der Waals surface area (Å²) in [5, 5.41) is 0. The Morgan fingerprint density at radius 1 is 1.24 bits per heavy atom. The minimum absolute atomic E-state index is 0.156. The number of aryl methyl sites for hydroxylation is 2. The molecule has 0 saturated carbocycles. The highest BCUT2D eigenvalue weighted by molar-refractivity contribution is 6.04. The topological polar surface area (TPSA) is 92.7 Å². The standard InChI is InChI=1S/C17H22N4O4/c1-11-8-14(19-12(2)18-11)25-13-4-3-7-20(9-13)17(24)10-21-15(22)5-6-16(21)23/h8,13H,3-7,9-10H2,1-2H3. The highest BCUT2D eigenvalue weighted by Gasteiger charge is 2.33. The summed E-state index contributed by atoms with van der Waals surface area (Å²) < 4.78 is 5.92. The SMILES string of the molecule is Cc1cc(OC2CCCN(C(=O)CN3C(=O)CCC3=O)C2)nc(C)n1. The molecule has 1 aromatic heterocycles. The molecular weight excluding hydrogens is 324 g/mol. The third-order valence-electron chi connectivity index (χ3n) is 4.41. The van der Waals surface area contributed by atoms with Gasteiger partial charge in [-0.15, -0.1) is 0 Å². The van der Waals surface area contributed by atoms with E-state index in [-0.39, 0.29) is 43.2 Å².